The van der Waals surface area contributed by atoms with E-state index in [1.54, 1.807) is 29.8 Å². The van der Waals surface area contributed by atoms with Gasteiger partial charge >= 0.3 is 0 Å². The van der Waals surface area contributed by atoms with Gasteiger partial charge in [0.1, 0.15) is 18.3 Å². The van der Waals surface area contributed by atoms with Crippen LogP contribution in [0.2, 0.25) is 0 Å². The first-order chi connectivity index (χ1) is 15.7. The van der Waals surface area contributed by atoms with Crippen molar-refractivity contribution in [1.29, 1.82) is 0 Å². The van der Waals surface area contributed by atoms with E-state index in [2.05, 4.69) is 28.8 Å². The Hall–Kier alpha value is -3.39. The molecule has 4 aromatic rings. The maximum atomic E-state index is 13.3. The van der Waals surface area contributed by atoms with Crippen molar-refractivity contribution >= 4 is 11.3 Å². The Balaban J connectivity index is 1.71. The number of aromatic nitrogens is 5. The normalized spacial score (nSPS) is 11.2. The van der Waals surface area contributed by atoms with Crippen molar-refractivity contribution < 1.29 is 4.74 Å². The van der Waals surface area contributed by atoms with Gasteiger partial charge in [-0.1, -0.05) is 26.0 Å². The number of ether oxygens (including phenoxy) is 1. The highest BCUT2D eigenvalue weighted by Gasteiger charge is 2.16. The van der Waals surface area contributed by atoms with Crippen molar-refractivity contribution in [3.8, 4) is 22.8 Å². The standard InChI is InChI=1S/C25H27N5O2S/c1-14(2)23-26-11-15(3)22(29-23)19-8-7-9-21(10-19)30-17(5)27-24(16(4)25(30)31)32-12-20-13-33-18(6)28-20/h7-11,13-14H,12H2,1-6H3. The number of hydrogen-bond acceptors (Lipinski definition) is 7. The van der Waals surface area contributed by atoms with Crippen molar-refractivity contribution in [3.05, 3.63) is 79.7 Å². The second-order valence-corrected chi connectivity index (χ2v) is 9.40. The van der Waals surface area contributed by atoms with Crippen molar-refractivity contribution in [2.45, 2.75) is 54.1 Å². The van der Waals surface area contributed by atoms with Crippen LogP contribution in [0.3, 0.4) is 0 Å². The summed E-state index contributed by atoms with van der Waals surface area (Å²) in [6, 6.07) is 7.79. The highest BCUT2D eigenvalue weighted by Crippen LogP contribution is 2.25. The number of nitrogens with zero attached hydrogens (tertiary/aromatic N) is 5. The Morgan fingerprint density at radius 2 is 1.88 bits per heavy atom. The zero-order valence-electron chi connectivity index (χ0n) is 19.7. The Morgan fingerprint density at radius 3 is 2.58 bits per heavy atom. The summed E-state index contributed by atoms with van der Waals surface area (Å²) in [5.74, 6) is 1.91. The van der Waals surface area contributed by atoms with Crippen LogP contribution in [0.5, 0.6) is 5.88 Å². The third-order valence-electron chi connectivity index (χ3n) is 5.34. The molecule has 0 N–H and O–H groups in total. The third-order valence-corrected chi connectivity index (χ3v) is 6.16. The highest BCUT2D eigenvalue weighted by molar-refractivity contribution is 7.09. The molecule has 0 unspecified atom stereocenters. The molecule has 4 rings (SSSR count). The molecule has 0 aliphatic rings. The monoisotopic (exact) mass is 461 g/mol. The quantitative estimate of drug-likeness (QED) is 0.398. The minimum atomic E-state index is -0.161. The molecule has 3 heterocycles. The molecule has 7 nitrogen and oxygen atoms in total. The second kappa shape index (κ2) is 9.23. The van der Waals surface area contributed by atoms with E-state index in [1.807, 2.05) is 49.7 Å². The number of thiazole rings is 1. The van der Waals surface area contributed by atoms with E-state index in [4.69, 9.17) is 9.72 Å². The van der Waals surface area contributed by atoms with Crippen LogP contribution in [-0.4, -0.2) is 24.5 Å². The summed E-state index contributed by atoms with van der Waals surface area (Å²) >= 11 is 1.57. The number of rotatable bonds is 6. The molecule has 3 aromatic heterocycles. The predicted molar refractivity (Wildman–Crippen MR) is 130 cm³/mol. The molecule has 0 radical (unpaired) electrons. The van der Waals surface area contributed by atoms with Gasteiger partial charge in [-0.05, 0) is 45.4 Å². The smallest absolute Gasteiger partial charge is 0.264 e. The fourth-order valence-corrected chi connectivity index (χ4v) is 4.16. The van der Waals surface area contributed by atoms with Crippen LogP contribution in [0.4, 0.5) is 0 Å². The maximum absolute atomic E-state index is 13.3. The lowest BCUT2D eigenvalue weighted by molar-refractivity contribution is 0.285. The van der Waals surface area contributed by atoms with Gasteiger partial charge < -0.3 is 4.74 Å². The van der Waals surface area contributed by atoms with Gasteiger partial charge in [-0.2, -0.15) is 4.98 Å². The van der Waals surface area contributed by atoms with E-state index < -0.39 is 0 Å². The summed E-state index contributed by atoms with van der Waals surface area (Å²) in [7, 11) is 0. The number of aryl methyl sites for hydroxylation is 3. The number of hydrogen-bond donors (Lipinski definition) is 0. The van der Waals surface area contributed by atoms with Crippen molar-refractivity contribution in [2.24, 2.45) is 0 Å². The van der Waals surface area contributed by atoms with Gasteiger partial charge in [0.2, 0.25) is 5.88 Å². The van der Waals surface area contributed by atoms with Crippen molar-refractivity contribution in [2.75, 3.05) is 0 Å². The molecule has 0 aliphatic heterocycles. The molecule has 0 bridgehead atoms. The molecule has 8 heteroatoms. The van der Waals surface area contributed by atoms with Gasteiger partial charge in [-0.15, -0.1) is 11.3 Å². The van der Waals surface area contributed by atoms with Gasteiger partial charge in [-0.25, -0.2) is 15.0 Å². The lowest BCUT2D eigenvalue weighted by Crippen LogP contribution is -2.25. The Morgan fingerprint density at radius 1 is 1.09 bits per heavy atom. The van der Waals surface area contributed by atoms with E-state index in [0.29, 0.717) is 17.3 Å². The molecule has 0 saturated heterocycles. The molecule has 0 aliphatic carbocycles. The summed E-state index contributed by atoms with van der Waals surface area (Å²) in [6.45, 7) is 11.9. The van der Waals surface area contributed by atoms with Crippen LogP contribution >= 0.6 is 11.3 Å². The van der Waals surface area contributed by atoms with Crippen LogP contribution in [-0.2, 0) is 6.61 Å². The van der Waals surface area contributed by atoms with Gasteiger partial charge in [0.05, 0.1) is 27.6 Å². The van der Waals surface area contributed by atoms with Gasteiger partial charge in [0, 0.05) is 23.1 Å². The summed E-state index contributed by atoms with van der Waals surface area (Å²) in [4.78, 5) is 31.5. The topological polar surface area (TPSA) is 82.8 Å². The molecule has 0 saturated carbocycles. The van der Waals surface area contributed by atoms with Crippen LogP contribution in [0.15, 0.2) is 40.6 Å². The van der Waals surface area contributed by atoms with Crippen molar-refractivity contribution in [3.63, 3.8) is 0 Å². The second-order valence-electron chi connectivity index (χ2n) is 8.34. The molecular formula is C25H27N5O2S. The van der Waals surface area contributed by atoms with Crippen LogP contribution < -0.4 is 10.3 Å². The van der Waals surface area contributed by atoms with Crippen LogP contribution in [0.1, 0.15) is 53.2 Å². The molecule has 1 aromatic carbocycles. The minimum Gasteiger partial charge on any atom is -0.471 e. The summed E-state index contributed by atoms with van der Waals surface area (Å²) in [5, 5.41) is 2.92. The van der Waals surface area contributed by atoms with Gasteiger partial charge in [-0.3, -0.25) is 9.36 Å². The maximum Gasteiger partial charge on any atom is 0.264 e. The lowest BCUT2D eigenvalue weighted by Gasteiger charge is -2.15. The SMILES string of the molecule is Cc1nc(COc2nc(C)n(-c3cccc(-c4nc(C(C)C)ncc4C)c3)c(=O)c2C)cs1. The summed E-state index contributed by atoms with van der Waals surface area (Å²) < 4.78 is 7.45. The molecular weight excluding hydrogens is 434 g/mol. The Labute approximate surface area is 197 Å². The van der Waals surface area contributed by atoms with Crippen LogP contribution in [0, 0.1) is 27.7 Å². The zero-order chi connectivity index (χ0) is 23.7. The molecule has 0 fully saturated rings. The van der Waals surface area contributed by atoms with E-state index in [-0.39, 0.29) is 18.1 Å². The largest absolute Gasteiger partial charge is 0.471 e. The minimum absolute atomic E-state index is 0.161. The lowest BCUT2D eigenvalue weighted by atomic mass is 10.1. The molecule has 33 heavy (non-hydrogen) atoms. The fraction of sp³-hybridized carbons (Fsp3) is 0.320. The summed E-state index contributed by atoms with van der Waals surface area (Å²) in [5.41, 5.74) is 4.63. The fourth-order valence-electron chi connectivity index (χ4n) is 3.57. The number of benzene rings is 1. The van der Waals surface area contributed by atoms with E-state index in [1.165, 1.54) is 0 Å². The highest BCUT2D eigenvalue weighted by atomic mass is 32.1. The molecule has 0 spiro atoms. The first-order valence-electron chi connectivity index (χ1n) is 10.8. The molecule has 170 valence electrons. The van der Waals surface area contributed by atoms with Gasteiger partial charge in [0.15, 0.2) is 0 Å². The third kappa shape index (κ3) is 4.71. The Kier molecular flexibility index (Phi) is 6.37. The van der Waals surface area contributed by atoms with Crippen molar-refractivity contribution in [1.82, 2.24) is 24.5 Å². The molecule has 0 amide bonds. The van der Waals surface area contributed by atoms with Crippen LogP contribution in [0.25, 0.3) is 16.9 Å². The Bertz CT molecular complexity index is 1370. The first kappa shape index (κ1) is 22.8. The predicted octanol–water partition coefficient (Wildman–Crippen LogP) is 5.08. The van der Waals surface area contributed by atoms with E-state index in [0.717, 1.165) is 39.0 Å². The summed E-state index contributed by atoms with van der Waals surface area (Å²) in [6.07, 6.45) is 1.85. The average Bonchev–Trinajstić information content (AvgIpc) is 3.21. The van der Waals surface area contributed by atoms with E-state index >= 15 is 0 Å². The first-order valence-corrected chi connectivity index (χ1v) is 11.7. The van der Waals surface area contributed by atoms with Gasteiger partial charge in [0.25, 0.3) is 5.56 Å². The van der Waals surface area contributed by atoms with E-state index in [9.17, 15) is 4.79 Å². The zero-order valence-corrected chi connectivity index (χ0v) is 20.5. The molecule has 0 atom stereocenters. The average molecular weight is 462 g/mol.